The number of aromatic nitrogens is 3. The number of carbonyl (C=O) groups excluding carboxylic acids is 2. The van der Waals surface area contributed by atoms with Gasteiger partial charge >= 0.3 is 5.97 Å². The highest BCUT2D eigenvalue weighted by molar-refractivity contribution is 5.95. The standard InChI is InChI=1S/C17H16N4O3/c1-10-13-8-12(9-19-16(13)21(2)20-10)17(23)24-14(15(18)22)11-6-4-3-5-7-11/h3-9,14H,1-2H3,(H2,18,22)/t14-/m0/s1. The minimum atomic E-state index is -1.15. The van der Waals surface area contributed by atoms with Crippen LogP contribution >= 0.6 is 0 Å². The number of carbonyl (C=O) groups is 2. The number of esters is 1. The fraction of sp³-hybridized carbons (Fsp3) is 0.176. The third-order valence-corrected chi connectivity index (χ3v) is 3.68. The predicted molar refractivity (Wildman–Crippen MR) is 87.0 cm³/mol. The van der Waals surface area contributed by atoms with Gasteiger partial charge in [-0.3, -0.25) is 9.48 Å². The summed E-state index contributed by atoms with van der Waals surface area (Å²) in [6.07, 6.45) is 0.249. The third-order valence-electron chi connectivity index (χ3n) is 3.68. The Hall–Kier alpha value is -3.22. The number of benzene rings is 1. The van der Waals surface area contributed by atoms with E-state index >= 15 is 0 Å². The molecule has 0 saturated heterocycles. The second-order valence-corrected chi connectivity index (χ2v) is 5.40. The van der Waals surface area contributed by atoms with Crippen molar-refractivity contribution in [2.75, 3.05) is 0 Å². The molecule has 0 saturated carbocycles. The number of aryl methyl sites for hydroxylation is 2. The number of nitrogens with zero attached hydrogens (tertiary/aromatic N) is 3. The van der Waals surface area contributed by atoms with Crippen LogP contribution in [0.2, 0.25) is 0 Å². The lowest BCUT2D eigenvalue weighted by atomic mass is 10.1. The fourth-order valence-electron chi connectivity index (χ4n) is 2.51. The van der Waals surface area contributed by atoms with Crippen LogP contribution in [0.5, 0.6) is 0 Å². The normalized spacial score (nSPS) is 12.1. The average molecular weight is 324 g/mol. The molecule has 0 aliphatic carbocycles. The van der Waals surface area contributed by atoms with Crippen molar-refractivity contribution in [3.8, 4) is 0 Å². The molecule has 122 valence electrons. The van der Waals surface area contributed by atoms with E-state index in [0.29, 0.717) is 11.2 Å². The molecule has 1 amide bonds. The van der Waals surface area contributed by atoms with Crippen molar-refractivity contribution in [1.82, 2.24) is 14.8 Å². The van der Waals surface area contributed by atoms with E-state index in [-0.39, 0.29) is 5.56 Å². The van der Waals surface area contributed by atoms with Crippen LogP contribution in [0.25, 0.3) is 11.0 Å². The smallest absolute Gasteiger partial charge is 0.340 e. The van der Waals surface area contributed by atoms with E-state index in [0.717, 1.165) is 11.1 Å². The Balaban J connectivity index is 1.91. The zero-order chi connectivity index (χ0) is 17.3. The molecule has 0 fully saturated rings. The molecule has 2 N–H and O–H groups in total. The van der Waals surface area contributed by atoms with Crippen LogP contribution in [-0.2, 0) is 16.6 Å². The van der Waals surface area contributed by atoms with Crippen LogP contribution in [0.4, 0.5) is 0 Å². The van der Waals surface area contributed by atoms with Gasteiger partial charge in [-0.1, -0.05) is 30.3 Å². The molecule has 7 heteroatoms. The van der Waals surface area contributed by atoms with Gasteiger partial charge in [-0.15, -0.1) is 0 Å². The van der Waals surface area contributed by atoms with Gasteiger partial charge in [0.05, 0.1) is 11.3 Å². The lowest BCUT2D eigenvalue weighted by Crippen LogP contribution is -2.26. The van der Waals surface area contributed by atoms with E-state index in [1.165, 1.54) is 6.20 Å². The van der Waals surface area contributed by atoms with Gasteiger partial charge in [0.2, 0.25) is 6.10 Å². The number of primary amides is 1. The van der Waals surface area contributed by atoms with Crippen molar-refractivity contribution in [1.29, 1.82) is 0 Å². The fourth-order valence-corrected chi connectivity index (χ4v) is 2.51. The molecule has 0 aliphatic rings. The zero-order valence-corrected chi connectivity index (χ0v) is 13.3. The summed E-state index contributed by atoms with van der Waals surface area (Å²) in [4.78, 5) is 28.3. The lowest BCUT2D eigenvalue weighted by molar-refractivity contribution is -0.127. The van der Waals surface area contributed by atoms with Crippen LogP contribution < -0.4 is 5.73 Å². The van der Waals surface area contributed by atoms with Gasteiger partial charge in [0, 0.05) is 24.2 Å². The summed E-state index contributed by atoms with van der Waals surface area (Å²) in [5, 5.41) is 5.01. The summed E-state index contributed by atoms with van der Waals surface area (Å²) in [6.45, 7) is 1.83. The maximum absolute atomic E-state index is 12.4. The highest BCUT2D eigenvalue weighted by atomic mass is 16.5. The molecule has 0 radical (unpaired) electrons. The Morgan fingerprint density at radius 1 is 1.25 bits per heavy atom. The van der Waals surface area contributed by atoms with E-state index in [1.54, 1.807) is 48.1 Å². The number of ether oxygens (including phenoxy) is 1. The van der Waals surface area contributed by atoms with Crippen molar-refractivity contribution in [3.63, 3.8) is 0 Å². The molecule has 0 unspecified atom stereocenters. The molecular weight excluding hydrogens is 308 g/mol. The van der Waals surface area contributed by atoms with Crippen molar-refractivity contribution in [3.05, 3.63) is 59.4 Å². The predicted octanol–water partition coefficient (Wildman–Crippen LogP) is 1.66. The minimum Gasteiger partial charge on any atom is -0.444 e. The van der Waals surface area contributed by atoms with E-state index in [2.05, 4.69) is 10.1 Å². The van der Waals surface area contributed by atoms with Crippen molar-refractivity contribution >= 4 is 22.9 Å². The molecule has 1 aromatic carbocycles. The number of amides is 1. The summed E-state index contributed by atoms with van der Waals surface area (Å²) < 4.78 is 6.93. The number of nitrogens with two attached hydrogens (primary N) is 1. The maximum Gasteiger partial charge on any atom is 0.340 e. The van der Waals surface area contributed by atoms with E-state index in [4.69, 9.17) is 10.5 Å². The Labute approximate surface area is 138 Å². The summed E-state index contributed by atoms with van der Waals surface area (Å²) in [5.41, 5.74) is 7.54. The second-order valence-electron chi connectivity index (χ2n) is 5.40. The van der Waals surface area contributed by atoms with Gasteiger partial charge in [0.15, 0.2) is 5.65 Å². The van der Waals surface area contributed by atoms with Crippen molar-refractivity contribution < 1.29 is 14.3 Å². The van der Waals surface area contributed by atoms with E-state index in [1.807, 2.05) is 6.92 Å². The second kappa shape index (κ2) is 6.11. The number of rotatable bonds is 4. The topological polar surface area (TPSA) is 100 Å². The average Bonchev–Trinajstić information content (AvgIpc) is 2.87. The van der Waals surface area contributed by atoms with E-state index < -0.39 is 18.0 Å². The van der Waals surface area contributed by atoms with E-state index in [9.17, 15) is 9.59 Å². The Morgan fingerprint density at radius 3 is 2.62 bits per heavy atom. The lowest BCUT2D eigenvalue weighted by Gasteiger charge is -2.15. The van der Waals surface area contributed by atoms with Gasteiger partial charge in [-0.05, 0) is 13.0 Å². The van der Waals surface area contributed by atoms with Gasteiger partial charge < -0.3 is 10.5 Å². The number of pyridine rings is 1. The summed E-state index contributed by atoms with van der Waals surface area (Å²) in [7, 11) is 1.78. The Bertz CT molecular complexity index is 918. The maximum atomic E-state index is 12.4. The molecule has 3 aromatic rings. The quantitative estimate of drug-likeness (QED) is 0.736. The molecule has 2 heterocycles. The molecule has 1 atom stereocenters. The molecule has 7 nitrogen and oxygen atoms in total. The highest BCUT2D eigenvalue weighted by Gasteiger charge is 2.24. The monoisotopic (exact) mass is 324 g/mol. The number of hydrogen-bond acceptors (Lipinski definition) is 5. The summed E-state index contributed by atoms with van der Waals surface area (Å²) in [5.74, 6) is -1.40. The Kier molecular flexibility index (Phi) is 3.99. The molecule has 3 rings (SSSR count). The first kappa shape index (κ1) is 15.7. The van der Waals surface area contributed by atoms with Crippen LogP contribution in [0.1, 0.15) is 27.7 Å². The molecule has 0 aliphatic heterocycles. The molecule has 24 heavy (non-hydrogen) atoms. The summed E-state index contributed by atoms with van der Waals surface area (Å²) >= 11 is 0. The first-order valence-electron chi connectivity index (χ1n) is 7.32. The van der Waals surface area contributed by atoms with Crippen LogP contribution in [0.15, 0.2) is 42.6 Å². The van der Waals surface area contributed by atoms with Crippen molar-refractivity contribution in [2.45, 2.75) is 13.0 Å². The first-order valence-corrected chi connectivity index (χ1v) is 7.32. The zero-order valence-electron chi connectivity index (χ0n) is 13.3. The summed E-state index contributed by atoms with van der Waals surface area (Å²) in [6, 6.07) is 10.3. The van der Waals surface area contributed by atoms with Gasteiger partial charge in [0.25, 0.3) is 5.91 Å². The molecule has 2 aromatic heterocycles. The first-order chi connectivity index (χ1) is 11.5. The molecule has 0 spiro atoms. The largest absolute Gasteiger partial charge is 0.444 e. The van der Waals surface area contributed by atoms with Crippen LogP contribution in [0, 0.1) is 6.92 Å². The number of fused-ring (bicyclic) bond motifs is 1. The van der Waals surface area contributed by atoms with Gasteiger partial charge in [-0.25, -0.2) is 9.78 Å². The minimum absolute atomic E-state index is 0.237. The van der Waals surface area contributed by atoms with Crippen LogP contribution in [0.3, 0.4) is 0 Å². The van der Waals surface area contributed by atoms with Gasteiger partial charge in [-0.2, -0.15) is 5.10 Å². The van der Waals surface area contributed by atoms with Crippen molar-refractivity contribution in [2.24, 2.45) is 12.8 Å². The third kappa shape index (κ3) is 2.83. The Morgan fingerprint density at radius 2 is 1.96 bits per heavy atom. The van der Waals surface area contributed by atoms with Crippen LogP contribution in [-0.4, -0.2) is 26.6 Å². The van der Waals surface area contributed by atoms with Gasteiger partial charge in [0.1, 0.15) is 0 Å². The molecular formula is C17H16N4O3. The SMILES string of the molecule is Cc1nn(C)c2ncc(C(=O)O[C@H](C(N)=O)c3ccccc3)cc12. The molecule has 0 bridgehead atoms. The number of hydrogen-bond donors (Lipinski definition) is 1. The highest BCUT2D eigenvalue weighted by Crippen LogP contribution is 2.21.